The Morgan fingerprint density at radius 1 is 1.10 bits per heavy atom. The molecule has 0 bridgehead atoms. The topological polar surface area (TPSA) is 99.1 Å². The summed E-state index contributed by atoms with van der Waals surface area (Å²) in [4.78, 5) is 35.2. The van der Waals surface area contributed by atoms with E-state index >= 15 is 0 Å². The fourth-order valence-corrected chi connectivity index (χ4v) is 2.05. The van der Waals surface area contributed by atoms with Gasteiger partial charge in [0.05, 0.1) is 19.1 Å². The van der Waals surface area contributed by atoms with Crippen molar-refractivity contribution in [2.24, 2.45) is 5.41 Å². The number of ketones is 1. The van der Waals surface area contributed by atoms with Crippen molar-refractivity contribution >= 4 is 23.8 Å². The lowest BCUT2D eigenvalue weighted by atomic mass is 9.91. The van der Waals surface area contributed by atoms with Crippen molar-refractivity contribution in [3.05, 3.63) is 47.6 Å². The van der Waals surface area contributed by atoms with Crippen molar-refractivity contribution in [1.29, 1.82) is 0 Å². The molecule has 0 aliphatic carbocycles. The van der Waals surface area contributed by atoms with Gasteiger partial charge >= 0.3 is 11.9 Å². The molecule has 158 valence electrons. The van der Waals surface area contributed by atoms with Crippen molar-refractivity contribution in [1.82, 2.24) is 0 Å². The van der Waals surface area contributed by atoms with Gasteiger partial charge in [-0.05, 0) is 49.6 Å². The lowest BCUT2D eigenvalue weighted by Gasteiger charge is -2.20. The Hall–Kier alpha value is -2.93. The summed E-state index contributed by atoms with van der Waals surface area (Å²) in [6.45, 7) is 4.96. The number of aliphatic hydroxyl groups excluding tert-OH is 1. The molecular formula is C22H28O7. The Morgan fingerprint density at radius 3 is 2.41 bits per heavy atom. The fraction of sp³-hybridized carbons (Fsp3) is 0.409. The van der Waals surface area contributed by atoms with Crippen LogP contribution in [0.2, 0.25) is 0 Å². The van der Waals surface area contributed by atoms with Crippen LogP contribution in [0, 0.1) is 5.41 Å². The van der Waals surface area contributed by atoms with Crippen LogP contribution in [0.25, 0.3) is 6.08 Å². The number of aliphatic hydroxyl groups is 1. The van der Waals surface area contributed by atoms with E-state index in [1.165, 1.54) is 13.2 Å². The predicted molar refractivity (Wildman–Crippen MR) is 108 cm³/mol. The van der Waals surface area contributed by atoms with Crippen LogP contribution in [0.15, 0.2) is 36.4 Å². The molecule has 0 fully saturated rings. The molecule has 0 aliphatic heterocycles. The molecule has 1 N–H and O–H groups in total. The summed E-state index contributed by atoms with van der Waals surface area (Å²) in [5, 5.41) is 9.36. The molecule has 0 heterocycles. The van der Waals surface area contributed by atoms with Crippen molar-refractivity contribution in [3.8, 4) is 5.75 Å². The summed E-state index contributed by atoms with van der Waals surface area (Å²) in [6.07, 6.45) is 6.33. The third-order valence-electron chi connectivity index (χ3n) is 4.35. The van der Waals surface area contributed by atoms with Crippen LogP contribution in [0.5, 0.6) is 5.75 Å². The van der Waals surface area contributed by atoms with Crippen molar-refractivity contribution < 1.29 is 33.7 Å². The first-order valence-electron chi connectivity index (χ1n) is 9.26. The summed E-state index contributed by atoms with van der Waals surface area (Å²) in [7, 11) is 1.54. The first-order valence-corrected chi connectivity index (χ1v) is 9.26. The van der Waals surface area contributed by atoms with Crippen molar-refractivity contribution in [2.45, 2.75) is 33.8 Å². The highest BCUT2D eigenvalue weighted by Gasteiger charge is 2.27. The smallest absolute Gasteiger partial charge is 0.379 e. The highest BCUT2D eigenvalue weighted by molar-refractivity contribution is 6.38. The molecule has 0 radical (unpaired) electrons. The van der Waals surface area contributed by atoms with Gasteiger partial charge in [-0.2, -0.15) is 0 Å². The van der Waals surface area contributed by atoms with Gasteiger partial charge < -0.3 is 19.3 Å². The van der Waals surface area contributed by atoms with E-state index in [4.69, 9.17) is 14.2 Å². The second-order valence-corrected chi connectivity index (χ2v) is 6.81. The Morgan fingerprint density at radius 2 is 1.79 bits per heavy atom. The summed E-state index contributed by atoms with van der Waals surface area (Å²) >= 11 is 0. The number of rotatable bonds is 11. The normalized spacial score (nSPS) is 11.6. The molecule has 0 spiro atoms. The first kappa shape index (κ1) is 24.1. The minimum atomic E-state index is -1.03. The van der Waals surface area contributed by atoms with E-state index in [-0.39, 0.29) is 25.8 Å². The van der Waals surface area contributed by atoms with Gasteiger partial charge in [0.1, 0.15) is 19.0 Å². The molecule has 0 saturated heterocycles. The van der Waals surface area contributed by atoms with Crippen LogP contribution in [0.4, 0.5) is 0 Å². The molecule has 1 rings (SSSR count). The van der Waals surface area contributed by atoms with Gasteiger partial charge in [-0.15, -0.1) is 0 Å². The zero-order valence-electron chi connectivity index (χ0n) is 17.3. The largest absolute Gasteiger partial charge is 0.497 e. The highest BCUT2D eigenvalue weighted by Crippen LogP contribution is 2.21. The van der Waals surface area contributed by atoms with Gasteiger partial charge in [-0.1, -0.05) is 31.2 Å². The van der Waals surface area contributed by atoms with Gasteiger partial charge in [0.15, 0.2) is 0 Å². The molecular weight excluding hydrogens is 376 g/mol. The van der Waals surface area contributed by atoms with E-state index < -0.39 is 17.2 Å². The van der Waals surface area contributed by atoms with Crippen LogP contribution in [-0.2, 0) is 30.5 Å². The van der Waals surface area contributed by atoms with Crippen LogP contribution in [0.3, 0.4) is 0 Å². The van der Waals surface area contributed by atoms with Crippen LogP contribution >= 0.6 is 0 Å². The Bertz CT molecular complexity index is 775. The zero-order chi connectivity index (χ0) is 21.9. The van der Waals surface area contributed by atoms with Gasteiger partial charge in [0, 0.05) is 0 Å². The van der Waals surface area contributed by atoms with E-state index in [1.807, 2.05) is 6.92 Å². The standard InChI is InChI=1S/C22H28O7/c1-5-22(2,3)21(26)29-13-12-28-20(25)19(24)9-7-6-8-16-14-18(27-4)11-10-17(16)15-23/h6-11,14,23H,5,12-13,15H2,1-4H3/b8-6+,9-7+. The van der Waals surface area contributed by atoms with Crippen LogP contribution < -0.4 is 4.74 Å². The molecule has 29 heavy (non-hydrogen) atoms. The Balaban J connectivity index is 2.49. The molecule has 0 atom stereocenters. The maximum absolute atomic E-state index is 11.8. The molecule has 0 aromatic heterocycles. The summed E-state index contributed by atoms with van der Waals surface area (Å²) in [5.41, 5.74) is 0.818. The first-order chi connectivity index (χ1) is 13.7. The monoisotopic (exact) mass is 404 g/mol. The van der Waals surface area contributed by atoms with Crippen LogP contribution in [-0.4, -0.2) is 43.2 Å². The van der Waals surface area contributed by atoms with E-state index in [0.29, 0.717) is 17.7 Å². The van der Waals surface area contributed by atoms with Crippen molar-refractivity contribution in [2.75, 3.05) is 20.3 Å². The number of carbonyl (C=O) groups excluding carboxylic acids is 3. The molecule has 1 aromatic carbocycles. The molecule has 0 aliphatic rings. The number of ether oxygens (including phenoxy) is 3. The molecule has 0 unspecified atom stereocenters. The number of methoxy groups -OCH3 is 1. The maximum atomic E-state index is 11.8. The number of hydrogen-bond acceptors (Lipinski definition) is 7. The second-order valence-electron chi connectivity index (χ2n) is 6.81. The third-order valence-corrected chi connectivity index (χ3v) is 4.35. The average Bonchev–Trinajstić information content (AvgIpc) is 2.73. The van der Waals surface area contributed by atoms with E-state index in [2.05, 4.69) is 0 Å². The van der Waals surface area contributed by atoms with Crippen LogP contribution in [0.1, 0.15) is 38.3 Å². The minimum Gasteiger partial charge on any atom is -0.497 e. The van der Waals surface area contributed by atoms with Gasteiger partial charge in [0.25, 0.3) is 5.78 Å². The van der Waals surface area contributed by atoms with Gasteiger partial charge in [-0.3, -0.25) is 9.59 Å². The van der Waals surface area contributed by atoms with Gasteiger partial charge in [0.2, 0.25) is 0 Å². The molecule has 0 saturated carbocycles. The summed E-state index contributed by atoms with van der Waals surface area (Å²) in [5.74, 6) is -1.61. The number of allylic oxidation sites excluding steroid dienone is 2. The molecule has 7 heteroatoms. The van der Waals surface area contributed by atoms with E-state index in [1.54, 1.807) is 44.2 Å². The fourth-order valence-electron chi connectivity index (χ4n) is 2.05. The Kier molecular flexibility index (Phi) is 9.82. The quantitative estimate of drug-likeness (QED) is 0.199. The molecule has 0 amide bonds. The number of benzene rings is 1. The Labute approximate surface area is 171 Å². The molecule has 7 nitrogen and oxygen atoms in total. The minimum absolute atomic E-state index is 0.106. The van der Waals surface area contributed by atoms with E-state index in [9.17, 15) is 19.5 Å². The third kappa shape index (κ3) is 7.91. The van der Waals surface area contributed by atoms with Gasteiger partial charge in [-0.25, -0.2) is 4.79 Å². The zero-order valence-corrected chi connectivity index (χ0v) is 17.3. The SMILES string of the molecule is CCC(C)(C)C(=O)OCCOC(=O)C(=O)/C=C/C=C/c1cc(OC)ccc1CO. The van der Waals surface area contributed by atoms with Crippen molar-refractivity contribution in [3.63, 3.8) is 0 Å². The average molecular weight is 404 g/mol. The summed E-state index contributed by atoms with van der Waals surface area (Å²) < 4.78 is 15.0. The number of esters is 2. The second kappa shape index (κ2) is 11.8. The number of carbonyl (C=O) groups is 3. The molecule has 1 aromatic rings. The lowest BCUT2D eigenvalue weighted by molar-refractivity contribution is -0.160. The summed E-state index contributed by atoms with van der Waals surface area (Å²) in [6, 6.07) is 5.21. The predicted octanol–water partition coefficient (Wildman–Crippen LogP) is 2.85. The maximum Gasteiger partial charge on any atom is 0.379 e. The lowest BCUT2D eigenvalue weighted by Crippen LogP contribution is -2.27. The highest BCUT2D eigenvalue weighted by atomic mass is 16.6. The number of hydrogen-bond donors (Lipinski definition) is 1. The van der Waals surface area contributed by atoms with E-state index in [0.717, 1.165) is 11.6 Å².